The average molecular weight is 256 g/mol. The molecule has 0 unspecified atom stereocenters. The lowest BCUT2D eigenvalue weighted by Gasteiger charge is -2.06. The Morgan fingerprint density at radius 1 is 1.47 bits per heavy atom. The molecule has 0 radical (unpaired) electrons. The molecule has 5 nitrogen and oxygen atoms in total. The number of nitrogen functional groups attached to an aromatic ring is 1. The van der Waals surface area contributed by atoms with E-state index in [1.807, 2.05) is 14.1 Å². The number of amides is 1. The van der Waals surface area contributed by atoms with Crippen LogP contribution in [0.15, 0.2) is 0 Å². The van der Waals surface area contributed by atoms with E-state index in [-0.39, 0.29) is 5.91 Å². The Kier molecular flexibility index (Phi) is 5.54. The first-order valence-corrected chi connectivity index (χ1v) is 6.54. The van der Waals surface area contributed by atoms with E-state index in [4.69, 9.17) is 5.84 Å². The van der Waals surface area contributed by atoms with Crippen molar-refractivity contribution in [2.45, 2.75) is 26.2 Å². The molecule has 1 rings (SSSR count). The molecular weight excluding hydrogens is 236 g/mol. The summed E-state index contributed by atoms with van der Waals surface area (Å²) in [5.41, 5.74) is 3.05. The zero-order valence-electron chi connectivity index (χ0n) is 10.6. The first kappa shape index (κ1) is 14.1. The van der Waals surface area contributed by atoms with Gasteiger partial charge in [0.25, 0.3) is 5.91 Å². The second-order valence-electron chi connectivity index (χ2n) is 4.16. The maximum absolute atomic E-state index is 11.6. The average Bonchev–Trinajstić information content (AvgIpc) is 2.69. The first-order valence-electron chi connectivity index (χ1n) is 5.72. The van der Waals surface area contributed by atoms with E-state index in [9.17, 15) is 4.79 Å². The van der Waals surface area contributed by atoms with Crippen molar-refractivity contribution in [2.24, 2.45) is 5.84 Å². The Labute approximate surface area is 106 Å². The third-order valence-electron chi connectivity index (χ3n) is 2.34. The van der Waals surface area contributed by atoms with Crippen LogP contribution in [0.25, 0.3) is 0 Å². The van der Waals surface area contributed by atoms with Crippen LogP contribution in [0, 0.1) is 0 Å². The Bertz CT molecular complexity index is 376. The lowest BCUT2D eigenvalue weighted by atomic mass is 10.2. The van der Waals surface area contributed by atoms with Crippen LogP contribution in [0.2, 0.25) is 0 Å². The van der Waals surface area contributed by atoms with Gasteiger partial charge in [-0.2, -0.15) is 0 Å². The van der Waals surface area contributed by atoms with Crippen molar-refractivity contribution >= 4 is 17.2 Å². The molecule has 1 amide bonds. The summed E-state index contributed by atoms with van der Waals surface area (Å²) in [6, 6.07) is 0. The number of likely N-dealkylation sites (N-methyl/N-ethyl adjacent to an activating group) is 1. The minimum absolute atomic E-state index is 0.234. The summed E-state index contributed by atoms with van der Waals surface area (Å²) in [4.78, 5) is 18.9. The third kappa shape index (κ3) is 4.07. The van der Waals surface area contributed by atoms with Crippen molar-refractivity contribution in [1.82, 2.24) is 15.3 Å². The molecule has 3 N–H and O–H groups in total. The maximum atomic E-state index is 11.6. The van der Waals surface area contributed by atoms with Crippen LogP contribution < -0.4 is 11.3 Å². The molecule has 0 aromatic carbocycles. The topological polar surface area (TPSA) is 71.2 Å². The predicted octanol–water partition coefficient (Wildman–Crippen LogP) is 0.803. The number of carbonyl (C=O) groups is 1. The molecule has 0 bridgehead atoms. The van der Waals surface area contributed by atoms with Crippen LogP contribution in [0.4, 0.5) is 0 Å². The van der Waals surface area contributed by atoms with Gasteiger partial charge in [0.1, 0.15) is 4.88 Å². The number of nitrogens with two attached hydrogens (primary N) is 1. The Morgan fingerprint density at radius 2 is 2.18 bits per heavy atom. The van der Waals surface area contributed by atoms with Crippen molar-refractivity contribution in [3.05, 3.63) is 15.6 Å². The SMILES string of the molecule is CCCc1nc(CCN(C)C)sc1C(=O)NN. The van der Waals surface area contributed by atoms with Crippen LogP contribution in [-0.2, 0) is 12.8 Å². The van der Waals surface area contributed by atoms with E-state index in [0.717, 1.165) is 36.5 Å². The molecule has 1 aromatic rings. The van der Waals surface area contributed by atoms with Crippen molar-refractivity contribution in [3.63, 3.8) is 0 Å². The highest BCUT2D eigenvalue weighted by molar-refractivity contribution is 7.13. The monoisotopic (exact) mass is 256 g/mol. The molecule has 0 aliphatic carbocycles. The molecule has 1 heterocycles. The van der Waals surface area contributed by atoms with Crippen LogP contribution >= 0.6 is 11.3 Å². The summed E-state index contributed by atoms with van der Waals surface area (Å²) in [6.45, 7) is 3.01. The van der Waals surface area contributed by atoms with Gasteiger partial charge in [-0.25, -0.2) is 10.8 Å². The molecule has 1 aromatic heterocycles. The molecule has 0 fully saturated rings. The number of hydrogen-bond donors (Lipinski definition) is 2. The van der Waals surface area contributed by atoms with Gasteiger partial charge in [-0.15, -0.1) is 11.3 Å². The van der Waals surface area contributed by atoms with Gasteiger partial charge in [0.15, 0.2) is 0 Å². The van der Waals surface area contributed by atoms with Crippen LogP contribution in [-0.4, -0.2) is 36.4 Å². The molecule has 0 atom stereocenters. The van der Waals surface area contributed by atoms with Crippen LogP contribution in [0.3, 0.4) is 0 Å². The fourth-order valence-electron chi connectivity index (χ4n) is 1.48. The largest absolute Gasteiger partial charge is 0.309 e. The van der Waals surface area contributed by atoms with Gasteiger partial charge >= 0.3 is 0 Å². The summed E-state index contributed by atoms with van der Waals surface area (Å²) >= 11 is 1.44. The van der Waals surface area contributed by atoms with Gasteiger partial charge < -0.3 is 4.90 Å². The summed E-state index contributed by atoms with van der Waals surface area (Å²) in [5.74, 6) is 4.94. The molecule has 6 heteroatoms. The summed E-state index contributed by atoms with van der Waals surface area (Å²) < 4.78 is 0. The summed E-state index contributed by atoms with van der Waals surface area (Å²) in [6.07, 6.45) is 2.66. The number of nitrogens with one attached hydrogen (secondary N) is 1. The molecular formula is C11H20N4OS. The van der Waals surface area contributed by atoms with Gasteiger partial charge in [0.2, 0.25) is 0 Å². The van der Waals surface area contributed by atoms with Gasteiger partial charge in [0, 0.05) is 13.0 Å². The number of thiazole rings is 1. The molecule has 96 valence electrons. The highest BCUT2D eigenvalue weighted by atomic mass is 32.1. The number of aromatic nitrogens is 1. The molecule has 0 spiro atoms. The van der Waals surface area contributed by atoms with E-state index in [0.29, 0.717) is 4.88 Å². The van der Waals surface area contributed by atoms with Crippen molar-refractivity contribution < 1.29 is 4.79 Å². The molecule has 17 heavy (non-hydrogen) atoms. The van der Waals surface area contributed by atoms with Gasteiger partial charge in [-0.05, 0) is 20.5 Å². The predicted molar refractivity (Wildman–Crippen MR) is 70.0 cm³/mol. The van der Waals surface area contributed by atoms with E-state index in [1.165, 1.54) is 11.3 Å². The Hall–Kier alpha value is -0.980. The van der Waals surface area contributed by atoms with Crippen molar-refractivity contribution in [1.29, 1.82) is 0 Å². The Morgan fingerprint density at radius 3 is 2.71 bits per heavy atom. The number of hydrogen-bond acceptors (Lipinski definition) is 5. The quantitative estimate of drug-likeness (QED) is 0.449. The zero-order chi connectivity index (χ0) is 12.8. The molecule has 0 saturated carbocycles. The lowest BCUT2D eigenvalue weighted by Crippen LogP contribution is -2.30. The van der Waals surface area contributed by atoms with Crippen LogP contribution in [0.5, 0.6) is 0 Å². The van der Waals surface area contributed by atoms with Gasteiger partial charge in [-0.1, -0.05) is 13.3 Å². The number of nitrogens with zero attached hydrogens (tertiary/aromatic N) is 2. The minimum atomic E-state index is -0.234. The molecule has 0 saturated heterocycles. The number of rotatable bonds is 6. The van der Waals surface area contributed by atoms with E-state index in [2.05, 4.69) is 22.2 Å². The van der Waals surface area contributed by atoms with Crippen LogP contribution in [0.1, 0.15) is 33.7 Å². The van der Waals surface area contributed by atoms with E-state index < -0.39 is 0 Å². The van der Waals surface area contributed by atoms with E-state index >= 15 is 0 Å². The summed E-state index contributed by atoms with van der Waals surface area (Å²) in [5, 5.41) is 1.00. The Balaban J connectivity index is 2.83. The number of aryl methyl sites for hydroxylation is 1. The third-order valence-corrected chi connectivity index (χ3v) is 3.49. The first-order chi connectivity index (χ1) is 8.08. The smallest absolute Gasteiger partial charge is 0.277 e. The normalized spacial score (nSPS) is 10.9. The van der Waals surface area contributed by atoms with Crippen molar-refractivity contribution in [3.8, 4) is 0 Å². The standard InChI is InChI=1S/C11H20N4OS/c1-4-5-8-10(11(16)14-12)17-9(13-8)6-7-15(2)3/h4-7,12H2,1-3H3,(H,14,16). The van der Waals surface area contributed by atoms with Crippen molar-refractivity contribution in [2.75, 3.05) is 20.6 Å². The summed E-state index contributed by atoms with van der Waals surface area (Å²) in [7, 11) is 4.04. The highest BCUT2D eigenvalue weighted by Crippen LogP contribution is 2.20. The van der Waals surface area contributed by atoms with Gasteiger partial charge in [-0.3, -0.25) is 10.2 Å². The highest BCUT2D eigenvalue weighted by Gasteiger charge is 2.16. The minimum Gasteiger partial charge on any atom is -0.309 e. The number of hydrazine groups is 1. The fraction of sp³-hybridized carbons (Fsp3) is 0.636. The second-order valence-corrected chi connectivity index (χ2v) is 5.24. The van der Waals surface area contributed by atoms with E-state index in [1.54, 1.807) is 0 Å². The fourth-order valence-corrected chi connectivity index (χ4v) is 2.48. The molecule has 0 aliphatic rings. The maximum Gasteiger partial charge on any atom is 0.277 e. The zero-order valence-corrected chi connectivity index (χ0v) is 11.4. The second kappa shape index (κ2) is 6.68. The lowest BCUT2D eigenvalue weighted by molar-refractivity contribution is 0.0956. The number of carbonyl (C=O) groups excluding carboxylic acids is 1. The van der Waals surface area contributed by atoms with Gasteiger partial charge in [0.05, 0.1) is 10.7 Å². The molecule has 0 aliphatic heterocycles.